The van der Waals surface area contributed by atoms with Crippen LogP contribution in [0.2, 0.25) is 0 Å². The number of fused-ring (bicyclic) bond motifs is 2. The molecule has 1 heteroatoms. The first-order chi connectivity index (χ1) is 7.46. The molecule has 3 saturated carbocycles. The molecule has 0 aromatic rings. The van der Waals surface area contributed by atoms with E-state index in [4.69, 9.17) is 0 Å². The molecule has 0 saturated heterocycles. The fourth-order valence-corrected chi connectivity index (χ4v) is 6.24. The Hall–Kier alpha value is -0.590. The van der Waals surface area contributed by atoms with Crippen molar-refractivity contribution >= 4 is 5.78 Å². The van der Waals surface area contributed by atoms with Crippen LogP contribution in [0.4, 0.5) is 0 Å². The van der Waals surface area contributed by atoms with Crippen LogP contribution >= 0.6 is 0 Å². The second-order valence-electron chi connectivity index (χ2n) is 7.13. The van der Waals surface area contributed by atoms with Crippen molar-refractivity contribution in [3.8, 4) is 0 Å². The Morgan fingerprint density at radius 3 is 2.81 bits per heavy atom. The van der Waals surface area contributed by atoms with Gasteiger partial charge in [0.1, 0.15) is 0 Å². The predicted molar refractivity (Wildman–Crippen MR) is 62.9 cm³/mol. The van der Waals surface area contributed by atoms with Gasteiger partial charge in [-0.05, 0) is 60.8 Å². The number of ketones is 1. The second kappa shape index (κ2) is 2.19. The van der Waals surface area contributed by atoms with E-state index in [1.165, 1.54) is 31.3 Å². The van der Waals surface area contributed by atoms with Crippen LogP contribution in [0.25, 0.3) is 0 Å². The third kappa shape index (κ3) is 0.585. The summed E-state index contributed by atoms with van der Waals surface area (Å²) in [4.78, 5) is 12.1. The molecular weight excluding hydrogens is 196 g/mol. The monoisotopic (exact) mass is 216 g/mol. The van der Waals surface area contributed by atoms with Crippen LogP contribution in [0.1, 0.15) is 46.5 Å². The van der Waals surface area contributed by atoms with Crippen molar-refractivity contribution < 1.29 is 4.79 Å². The standard InChI is InChI=1S/C15H20O/c1-9-6-12(16)11-8-13(2)10-4-5-15(9,7-10)14(11,13)3/h6,10-11H,4-5,7-8H2,1-3H3/t10-,11+,13?,14-,15?/m0/s1. The summed E-state index contributed by atoms with van der Waals surface area (Å²) >= 11 is 0. The lowest BCUT2D eigenvalue weighted by atomic mass is 9.34. The maximum Gasteiger partial charge on any atom is 0.159 e. The second-order valence-corrected chi connectivity index (χ2v) is 7.13. The summed E-state index contributed by atoms with van der Waals surface area (Å²) in [6.07, 6.45) is 7.26. The van der Waals surface area contributed by atoms with Crippen molar-refractivity contribution in [1.82, 2.24) is 0 Å². The lowest BCUT2D eigenvalue weighted by Crippen LogP contribution is -2.65. The number of rotatable bonds is 0. The van der Waals surface area contributed by atoms with Crippen LogP contribution in [0.15, 0.2) is 11.6 Å². The van der Waals surface area contributed by atoms with E-state index in [1.807, 2.05) is 6.08 Å². The molecule has 0 N–H and O–H groups in total. The van der Waals surface area contributed by atoms with E-state index >= 15 is 0 Å². The molecule has 1 spiro atoms. The van der Waals surface area contributed by atoms with E-state index in [0.717, 1.165) is 5.92 Å². The first kappa shape index (κ1) is 9.44. The van der Waals surface area contributed by atoms with Gasteiger partial charge in [-0.1, -0.05) is 19.4 Å². The summed E-state index contributed by atoms with van der Waals surface area (Å²) in [5.41, 5.74) is 2.59. The van der Waals surface area contributed by atoms with Gasteiger partial charge in [0.2, 0.25) is 0 Å². The molecule has 2 unspecified atom stereocenters. The predicted octanol–water partition coefficient (Wildman–Crippen LogP) is 3.35. The molecule has 16 heavy (non-hydrogen) atoms. The van der Waals surface area contributed by atoms with E-state index < -0.39 is 0 Å². The Morgan fingerprint density at radius 2 is 2.06 bits per heavy atom. The molecule has 5 atom stereocenters. The Labute approximate surface area is 97.3 Å². The molecule has 0 aromatic heterocycles. The minimum atomic E-state index is 0.304. The Morgan fingerprint density at radius 1 is 1.31 bits per heavy atom. The van der Waals surface area contributed by atoms with Crippen LogP contribution in [-0.4, -0.2) is 5.78 Å². The normalized spacial score (nSPS) is 61.7. The van der Waals surface area contributed by atoms with Crippen molar-refractivity contribution in [2.45, 2.75) is 46.5 Å². The van der Waals surface area contributed by atoms with Gasteiger partial charge in [-0.15, -0.1) is 0 Å². The van der Waals surface area contributed by atoms with E-state index in [1.54, 1.807) is 0 Å². The average molecular weight is 216 g/mol. The molecule has 1 nitrogen and oxygen atoms in total. The highest BCUT2D eigenvalue weighted by molar-refractivity contribution is 5.96. The highest BCUT2D eigenvalue weighted by Gasteiger charge is 2.80. The van der Waals surface area contributed by atoms with Crippen molar-refractivity contribution in [3.05, 3.63) is 11.6 Å². The summed E-state index contributed by atoms with van der Waals surface area (Å²) in [6, 6.07) is 0. The smallest absolute Gasteiger partial charge is 0.159 e. The summed E-state index contributed by atoms with van der Waals surface area (Å²) in [5, 5.41) is 0. The molecule has 4 aliphatic rings. The van der Waals surface area contributed by atoms with Crippen LogP contribution < -0.4 is 0 Å². The van der Waals surface area contributed by atoms with Gasteiger partial charge in [0.25, 0.3) is 0 Å². The maximum absolute atomic E-state index is 12.1. The number of allylic oxidation sites excluding steroid dienone is 2. The number of hydrogen-bond acceptors (Lipinski definition) is 1. The SMILES string of the molecule is CC1=CC(=O)[C@H]2CC3(C)[C@H]4CCC1(C4)[C@@]23C. The fraction of sp³-hybridized carbons (Fsp3) is 0.800. The van der Waals surface area contributed by atoms with Gasteiger partial charge in [-0.2, -0.15) is 0 Å². The topological polar surface area (TPSA) is 17.1 Å². The minimum Gasteiger partial charge on any atom is -0.295 e. The third-order valence-corrected chi connectivity index (χ3v) is 7.38. The van der Waals surface area contributed by atoms with Gasteiger partial charge >= 0.3 is 0 Å². The van der Waals surface area contributed by atoms with Crippen LogP contribution in [-0.2, 0) is 4.79 Å². The molecule has 0 aromatic carbocycles. The first-order valence-corrected chi connectivity index (χ1v) is 6.68. The molecule has 4 rings (SSSR count). The zero-order valence-electron chi connectivity index (χ0n) is 10.5. The molecule has 3 fully saturated rings. The Balaban J connectivity index is 2.01. The van der Waals surface area contributed by atoms with Crippen LogP contribution in [0.3, 0.4) is 0 Å². The van der Waals surface area contributed by atoms with Gasteiger partial charge in [0.05, 0.1) is 0 Å². The summed E-state index contributed by atoms with van der Waals surface area (Å²) in [6.45, 7) is 7.10. The third-order valence-electron chi connectivity index (χ3n) is 7.38. The van der Waals surface area contributed by atoms with Crippen molar-refractivity contribution in [3.63, 3.8) is 0 Å². The van der Waals surface area contributed by atoms with Gasteiger partial charge in [0.15, 0.2) is 5.78 Å². The molecule has 0 radical (unpaired) electrons. The molecule has 0 heterocycles. The van der Waals surface area contributed by atoms with Gasteiger partial charge in [0, 0.05) is 5.92 Å². The summed E-state index contributed by atoms with van der Waals surface area (Å²) < 4.78 is 0. The fourth-order valence-electron chi connectivity index (χ4n) is 6.24. The number of carbonyl (C=O) groups is 1. The molecule has 0 aliphatic heterocycles. The Bertz CT molecular complexity index is 448. The average Bonchev–Trinajstić information content (AvgIpc) is 2.72. The Kier molecular flexibility index (Phi) is 1.29. The molecule has 4 aliphatic carbocycles. The lowest BCUT2D eigenvalue weighted by Gasteiger charge is -2.69. The maximum atomic E-state index is 12.1. The van der Waals surface area contributed by atoms with Gasteiger partial charge in [-0.3, -0.25) is 4.79 Å². The zero-order chi connectivity index (χ0) is 11.3. The largest absolute Gasteiger partial charge is 0.295 e. The van der Waals surface area contributed by atoms with E-state index in [0.29, 0.717) is 27.9 Å². The van der Waals surface area contributed by atoms with Gasteiger partial charge in [-0.25, -0.2) is 0 Å². The first-order valence-electron chi connectivity index (χ1n) is 6.68. The van der Waals surface area contributed by atoms with E-state index in [-0.39, 0.29) is 0 Å². The van der Waals surface area contributed by atoms with Crippen molar-refractivity contribution in [1.29, 1.82) is 0 Å². The minimum absolute atomic E-state index is 0.304. The quantitative estimate of drug-likeness (QED) is 0.607. The number of carbonyl (C=O) groups excluding carboxylic acids is 1. The van der Waals surface area contributed by atoms with Crippen LogP contribution in [0.5, 0.6) is 0 Å². The molecule has 2 bridgehead atoms. The highest BCUT2D eigenvalue weighted by Crippen LogP contribution is 2.85. The van der Waals surface area contributed by atoms with Crippen LogP contribution in [0, 0.1) is 28.1 Å². The summed E-state index contributed by atoms with van der Waals surface area (Å²) in [5.74, 6) is 1.67. The van der Waals surface area contributed by atoms with Crippen molar-refractivity contribution in [2.24, 2.45) is 28.1 Å². The number of hydrogen-bond donors (Lipinski definition) is 0. The molecule has 0 amide bonds. The summed E-state index contributed by atoms with van der Waals surface area (Å²) in [7, 11) is 0. The van der Waals surface area contributed by atoms with Gasteiger partial charge < -0.3 is 0 Å². The van der Waals surface area contributed by atoms with Crippen molar-refractivity contribution in [2.75, 3.05) is 0 Å². The molecule has 86 valence electrons. The van der Waals surface area contributed by atoms with E-state index in [2.05, 4.69) is 20.8 Å². The lowest BCUT2D eigenvalue weighted by molar-refractivity contribution is -0.192. The zero-order valence-corrected chi connectivity index (χ0v) is 10.5. The van der Waals surface area contributed by atoms with E-state index in [9.17, 15) is 4.79 Å². The molecular formula is C15H20O. The highest BCUT2D eigenvalue weighted by atomic mass is 16.1.